The second-order valence-electron chi connectivity index (χ2n) is 5.02. The van der Waals surface area contributed by atoms with Crippen LogP contribution < -0.4 is 10.1 Å². The predicted molar refractivity (Wildman–Crippen MR) is 83.5 cm³/mol. The van der Waals surface area contributed by atoms with Crippen molar-refractivity contribution in [2.24, 2.45) is 0 Å². The summed E-state index contributed by atoms with van der Waals surface area (Å²) in [6, 6.07) is 5.43. The van der Waals surface area contributed by atoms with E-state index in [0.29, 0.717) is 0 Å². The molecule has 118 valence electrons. The maximum atomic E-state index is 11.8. The first-order valence-electron chi connectivity index (χ1n) is 6.56. The third-order valence-corrected chi connectivity index (χ3v) is 3.55. The molecule has 0 unspecified atom stereocenters. The van der Waals surface area contributed by atoms with E-state index < -0.39 is 17.7 Å². The number of halogens is 1. The molecule has 1 heterocycles. The number of nitrogens with one attached hydrogen (secondary N) is 1. The molecular weight excluding hydrogens is 354 g/mol. The molecule has 0 aliphatic carbocycles. The second kappa shape index (κ2) is 6.39. The highest BCUT2D eigenvalue weighted by Gasteiger charge is 2.38. The minimum Gasteiger partial charge on any atom is -0.497 e. The Bertz CT molecular complexity index is 617. The molecule has 0 amide bonds. The Balaban J connectivity index is 2.03. The summed E-state index contributed by atoms with van der Waals surface area (Å²) in [5.74, 6) is -1.87. The molecule has 1 fully saturated rings. The van der Waals surface area contributed by atoms with Crippen molar-refractivity contribution < 1.29 is 23.8 Å². The Labute approximate surface area is 136 Å². The van der Waals surface area contributed by atoms with Crippen LogP contribution in [0.25, 0.3) is 0 Å². The third kappa shape index (κ3) is 3.79. The molecule has 1 aromatic rings. The highest BCUT2D eigenvalue weighted by atomic mass is 79.9. The molecular formula is C15H16BrNO5. The zero-order valence-electron chi connectivity index (χ0n) is 12.4. The zero-order valence-corrected chi connectivity index (χ0v) is 14.0. The maximum absolute atomic E-state index is 11.8. The van der Waals surface area contributed by atoms with Gasteiger partial charge in [0.2, 0.25) is 0 Å². The number of benzene rings is 1. The van der Waals surface area contributed by atoms with E-state index in [1.54, 1.807) is 19.2 Å². The van der Waals surface area contributed by atoms with E-state index in [4.69, 9.17) is 14.2 Å². The van der Waals surface area contributed by atoms with Crippen molar-refractivity contribution in [1.29, 1.82) is 0 Å². The number of anilines is 1. The normalized spacial score (nSPS) is 16.6. The number of carbonyl (C=O) groups is 2. The first kappa shape index (κ1) is 16.4. The van der Waals surface area contributed by atoms with Crippen molar-refractivity contribution in [1.82, 2.24) is 0 Å². The van der Waals surface area contributed by atoms with Crippen LogP contribution in [-0.2, 0) is 19.1 Å². The summed E-state index contributed by atoms with van der Waals surface area (Å²) in [5.41, 5.74) is 0.687. The van der Waals surface area contributed by atoms with Crippen molar-refractivity contribution in [3.8, 4) is 5.75 Å². The fourth-order valence-electron chi connectivity index (χ4n) is 1.86. The van der Waals surface area contributed by atoms with E-state index >= 15 is 0 Å². The molecule has 1 N–H and O–H groups in total. The Morgan fingerprint density at radius 2 is 1.91 bits per heavy atom. The second-order valence-corrected chi connectivity index (χ2v) is 5.88. The van der Waals surface area contributed by atoms with Crippen molar-refractivity contribution >= 4 is 33.6 Å². The number of ether oxygens (including phenoxy) is 3. The van der Waals surface area contributed by atoms with Gasteiger partial charge >= 0.3 is 11.9 Å². The van der Waals surface area contributed by atoms with E-state index in [0.717, 1.165) is 15.9 Å². The van der Waals surface area contributed by atoms with Gasteiger partial charge in [0.1, 0.15) is 11.3 Å². The summed E-state index contributed by atoms with van der Waals surface area (Å²) in [6.45, 7) is 3.28. The van der Waals surface area contributed by atoms with Gasteiger partial charge in [-0.1, -0.05) is 0 Å². The van der Waals surface area contributed by atoms with E-state index in [-0.39, 0.29) is 12.1 Å². The van der Waals surface area contributed by atoms with Crippen LogP contribution in [0, 0.1) is 0 Å². The fraction of sp³-hybridized carbons (Fsp3) is 0.333. The van der Waals surface area contributed by atoms with Crippen LogP contribution >= 0.6 is 15.9 Å². The van der Waals surface area contributed by atoms with Gasteiger partial charge < -0.3 is 19.5 Å². The number of rotatable bonds is 4. The molecule has 0 bridgehead atoms. The summed E-state index contributed by atoms with van der Waals surface area (Å²) < 4.78 is 15.9. The van der Waals surface area contributed by atoms with Gasteiger partial charge in [0.15, 0.2) is 0 Å². The quantitative estimate of drug-likeness (QED) is 0.499. The highest BCUT2D eigenvalue weighted by Crippen LogP contribution is 2.27. The molecule has 0 spiro atoms. The largest absolute Gasteiger partial charge is 0.497 e. The van der Waals surface area contributed by atoms with Gasteiger partial charge in [0.25, 0.3) is 5.79 Å². The Kier molecular flexibility index (Phi) is 4.75. The smallest absolute Gasteiger partial charge is 0.348 e. The summed E-state index contributed by atoms with van der Waals surface area (Å²) in [7, 11) is 1.58. The maximum Gasteiger partial charge on any atom is 0.348 e. The first-order valence-corrected chi connectivity index (χ1v) is 7.36. The molecule has 7 heteroatoms. The molecule has 0 atom stereocenters. The molecule has 1 aliphatic heterocycles. The van der Waals surface area contributed by atoms with Crippen LogP contribution in [0.5, 0.6) is 5.75 Å². The van der Waals surface area contributed by atoms with Gasteiger partial charge in [-0.15, -0.1) is 0 Å². The van der Waals surface area contributed by atoms with Gasteiger partial charge in [0.05, 0.1) is 7.11 Å². The average molecular weight is 370 g/mol. The van der Waals surface area contributed by atoms with Gasteiger partial charge in [0, 0.05) is 30.6 Å². The summed E-state index contributed by atoms with van der Waals surface area (Å²) in [4.78, 5) is 23.5. The first-order chi connectivity index (χ1) is 10.3. The summed E-state index contributed by atoms with van der Waals surface area (Å²) >= 11 is 3.41. The number of carbonyl (C=O) groups excluding carboxylic acids is 2. The van der Waals surface area contributed by atoms with Crippen LogP contribution in [0.2, 0.25) is 0 Å². The number of hydrogen-bond donors (Lipinski definition) is 1. The van der Waals surface area contributed by atoms with E-state index in [1.165, 1.54) is 19.9 Å². The van der Waals surface area contributed by atoms with Crippen LogP contribution in [-0.4, -0.2) is 31.4 Å². The molecule has 0 aromatic heterocycles. The van der Waals surface area contributed by atoms with E-state index in [1.807, 2.05) is 6.07 Å². The minimum absolute atomic E-state index is 0.114. The fourth-order valence-corrected chi connectivity index (χ4v) is 2.35. The van der Waals surface area contributed by atoms with E-state index in [2.05, 4.69) is 21.2 Å². The standard InChI is InChI=1S/C15H16BrNO5/c1-15(2)21-13(18)10(14(19)22-15)6-7-17-12-5-4-9(20-3)8-11(12)16/h4-6,8,17H,7H2,1-3H3. The van der Waals surface area contributed by atoms with Crippen LogP contribution in [0.3, 0.4) is 0 Å². The monoisotopic (exact) mass is 369 g/mol. The minimum atomic E-state index is -1.22. The molecule has 6 nitrogen and oxygen atoms in total. The molecule has 1 aromatic carbocycles. The highest BCUT2D eigenvalue weighted by molar-refractivity contribution is 9.10. The number of hydrogen-bond acceptors (Lipinski definition) is 6. The van der Waals surface area contributed by atoms with Crippen molar-refractivity contribution in [2.45, 2.75) is 19.6 Å². The van der Waals surface area contributed by atoms with Gasteiger partial charge in [-0.25, -0.2) is 9.59 Å². The van der Waals surface area contributed by atoms with Gasteiger partial charge in [-0.3, -0.25) is 0 Å². The predicted octanol–water partition coefficient (Wildman–Crippen LogP) is 2.63. The summed E-state index contributed by atoms with van der Waals surface area (Å²) in [5, 5.41) is 3.08. The number of esters is 2. The molecule has 0 saturated carbocycles. The van der Waals surface area contributed by atoms with Crippen LogP contribution in [0.15, 0.2) is 34.3 Å². The topological polar surface area (TPSA) is 73.9 Å². The van der Waals surface area contributed by atoms with E-state index in [9.17, 15) is 9.59 Å². The molecule has 2 rings (SSSR count). The third-order valence-electron chi connectivity index (χ3n) is 2.89. The lowest BCUT2D eigenvalue weighted by molar-refractivity contribution is -0.222. The summed E-state index contributed by atoms with van der Waals surface area (Å²) in [6.07, 6.45) is 1.44. The van der Waals surface area contributed by atoms with Crippen LogP contribution in [0.4, 0.5) is 5.69 Å². The molecule has 22 heavy (non-hydrogen) atoms. The van der Waals surface area contributed by atoms with Crippen LogP contribution in [0.1, 0.15) is 13.8 Å². The molecule has 1 saturated heterocycles. The average Bonchev–Trinajstić information content (AvgIpc) is 2.42. The number of methoxy groups -OCH3 is 1. The lowest BCUT2D eigenvalue weighted by Gasteiger charge is -2.29. The van der Waals surface area contributed by atoms with Crippen molar-refractivity contribution in [3.63, 3.8) is 0 Å². The SMILES string of the molecule is COc1ccc(NCC=C2C(=O)OC(C)(C)OC2=O)c(Br)c1. The molecule has 0 radical (unpaired) electrons. The van der Waals surface area contributed by atoms with Crippen molar-refractivity contribution in [2.75, 3.05) is 19.0 Å². The lowest BCUT2D eigenvalue weighted by atomic mass is 10.2. The Morgan fingerprint density at radius 3 is 2.45 bits per heavy atom. The van der Waals surface area contributed by atoms with Crippen molar-refractivity contribution in [3.05, 3.63) is 34.3 Å². The lowest BCUT2D eigenvalue weighted by Crippen LogP contribution is -2.42. The Morgan fingerprint density at radius 1 is 1.27 bits per heavy atom. The van der Waals surface area contributed by atoms with Gasteiger partial charge in [-0.05, 0) is 40.2 Å². The molecule has 1 aliphatic rings. The van der Waals surface area contributed by atoms with Gasteiger partial charge in [-0.2, -0.15) is 0 Å². The zero-order chi connectivity index (χ0) is 16.3. The Hall–Kier alpha value is -2.02. The number of cyclic esters (lactones) is 2.